The Morgan fingerprint density at radius 1 is 1.29 bits per heavy atom. The van der Waals surface area contributed by atoms with Crippen LogP contribution in [0.2, 0.25) is 0 Å². The zero-order valence-electron chi connectivity index (χ0n) is 9.66. The number of benzene rings is 1. The molecule has 1 nitrogen and oxygen atoms in total. The maximum atomic E-state index is 12.2. The van der Waals surface area contributed by atoms with Gasteiger partial charge in [-0.2, -0.15) is 0 Å². The van der Waals surface area contributed by atoms with Gasteiger partial charge in [0.15, 0.2) is 5.75 Å². The predicted octanol–water partition coefficient (Wildman–Crippen LogP) is 4.43. The molecule has 0 aliphatic rings. The van der Waals surface area contributed by atoms with E-state index in [9.17, 15) is 4.53 Å². The van der Waals surface area contributed by atoms with E-state index >= 15 is 0 Å². The third-order valence-corrected chi connectivity index (χ3v) is 2.38. The molecule has 0 radical (unpaired) electrons. The van der Waals surface area contributed by atoms with Crippen molar-refractivity contribution in [2.75, 3.05) is 0 Å². The zero-order chi connectivity index (χ0) is 12.7. The van der Waals surface area contributed by atoms with Crippen LogP contribution in [-0.2, 0) is 6.42 Å². The second-order valence-electron chi connectivity index (χ2n) is 3.51. The maximum Gasteiger partial charge on any atom is 0.179 e. The van der Waals surface area contributed by atoms with Crippen molar-refractivity contribution in [3.8, 4) is 5.75 Å². The van der Waals surface area contributed by atoms with Crippen LogP contribution in [0.5, 0.6) is 5.75 Å². The molecule has 1 aromatic rings. The van der Waals surface area contributed by atoms with Gasteiger partial charge in [-0.25, -0.2) is 0 Å². The molecule has 0 N–H and O–H groups in total. The largest absolute Gasteiger partial charge is 0.294 e. The first kappa shape index (κ1) is 13.0. The van der Waals surface area contributed by atoms with E-state index < -0.39 is 0 Å². The van der Waals surface area contributed by atoms with E-state index in [1.807, 2.05) is 18.2 Å². The molecule has 0 bridgehead atoms. The molecule has 88 valence electrons. The van der Waals surface area contributed by atoms with E-state index in [0.717, 1.165) is 11.1 Å². The molecule has 1 aromatic carbocycles. The second-order valence-corrected chi connectivity index (χ2v) is 3.51. The van der Waals surface area contributed by atoms with Crippen LogP contribution < -0.4 is 4.94 Å². The van der Waals surface area contributed by atoms with E-state index in [2.05, 4.69) is 24.7 Å². The normalized spacial score (nSPS) is 10.8. The van der Waals surface area contributed by atoms with E-state index in [1.54, 1.807) is 24.3 Å². The molecular weight excluding hydrogens is 215 g/mol. The van der Waals surface area contributed by atoms with Crippen molar-refractivity contribution in [1.29, 1.82) is 0 Å². The molecule has 0 unspecified atom stereocenters. The van der Waals surface area contributed by atoms with Crippen molar-refractivity contribution in [1.82, 2.24) is 0 Å². The van der Waals surface area contributed by atoms with Gasteiger partial charge in [0, 0.05) is 10.1 Å². The molecule has 0 aliphatic carbocycles. The number of hydrogen-bond acceptors (Lipinski definition) is 1. The Balaban J connectivity index is 3.00. The molecule has 0 atom stereocenters. The van der Waals surface area contributed by atoms with Crippen molar-refractivity contribution in [3.05, 3.63) is 72.9 Å². The summed E-state index contributed by atoms with van der Waals surface area (Å²) in [7, 11) is 0. The lowest BCUT2D eigenvalue weighted by atomic mass is 10.0. The van der Waals surface area contributed by atoms with Crippen LogP contribution in [0.4, 0.5) is 4.53 Å². The average Bonchev–Trinajstić information content (AvgIpc) is 2.38. The maximum absolute atomic E-state index is 12.2. The Bertz CT molecular complexity index is 458. The molecule has 0 aliphatic heterocycles. The summed E-state index contributed by atoms with van der Waals surface area (Å²) in [5.74, 6) is 0.177. The van der Waals surface area contributed by atoms with Gasteiger partial charge in [0.2, 0.25) is 0 Å². The molecule has 0 heterocycles. The van der Waals surface area contributed by atoms with Crippen LogP contribution in [0.3, 0.4) is 0 Å². The summed E-state index contributed by atoms with van der Waals surface area (Å²) in [6, 6.07) is 5.23. The van der Waals surface area contributed by atoms with Crippen LogP contribution in [-0.4, -0.2) is 0 Å². The summed E-state index contributed by atoms with van der Waals surface area (Å²) < 4.78 is 12.2. The summed E-state index contributed by atoms with van der Waals surface area (Å²) in [4.78, 5) is 3.75. The Labute approximate surface area is 101 Å². The first-order valence-corrected chi connectivity index (χ1v) is 5.23. The van der Waals surface area contributed by atoms with Gasteiger partial charge in [0.1, 0.15) is 0 Å². The van der Waals surface area contributed by atoms with Crippen molar-refractivity contribution in [2.24, 2.45) is 0 Å². The smallest absolute Gasteiger partial charge is 0.179 e. The predicted molar refractivity (Wildman–Crippen MR) is 70.5 cm³/mol. The van der Waals surface area contributed by atoms with E-state index in [-0.39, 0.29) is 5.75 Å². The van der Waals surface area contributed by atoms with Crippen LogP contribution in [0.15, 0.2) is 61.7 Å². The second kappa shape index (κ2) is 6.48. The van der Waals surface area contributed by atoms with Crippen LogP contribution >= 0.6 is 0 Å². The first-order valence-electron chi connectivity index (χ1n) is 5.23. The third kappa shape index (κ3) is 3.45. The van der Waals surface area contributed by atoms with Gasteiger partial charge in [0.25, 0.3) is 0 Å². The topological polar surface area (TPSA) is 9.23 Å². The SMILES string of the molecule is C=C/C=C(\C=C)Cc1ccc(OF)c(C=C)c1. The molecule has 0 saturated heterocycles. The summed E-state index contributed by atoms with van der Waals surface area (Å²) >= 11 is 0. The van der Waals surface area contributed by atoms with Crippen LogP contribution in [0.1, 0.15) is 11.1 Å². The summed E-state index contributed by atoms with van der Waals surface area (Å²) in [5.41, 5.74) is 2.71. The van der Waals surface area contributed by atoms with Gasteiger partial charge in [0.05, 0.1) is 0 Å². The minimum atomic E-state index is 0.177. The van der Waals surface area contributed by atoms with E-state index in [0.29, 0.717) is 12.0 Å². The van der Waals surface area contributed by atoms with Gasteiger partial charge < -0.3 is 0 Å². The van der Waals surface area contributed by atoms with Crippen LogP contribution in [0.25, 0.3) is 6.08 Å². The lowest BCUT2D eigenvalue weighted by molar-refractivity contribution is -0.00646. The van der Waals surface area contributed by atoms with Crippen molar-refractivity contribution in [3.63, 3.8) is 0 Å². The minimum Gasteiger partial charge on any atom is -0.294 e. The number of rotatable bonds is 6. The zero-order valence-corrected chi connectivity index (χ0v) is 9.66. The van der Waals surface area contributed by atoms with E-state index in [4.69, 9.17) is 0 Å². The molecule has 0 amide bonds. The van der Waals surface area contributed by atoms with Crippen LogP contribution in [0, 0.1) is 0 Å². The molecular formula is C15H15FO. The monoisotopic (exact) mass is 230 g/mol. The highest BCUT2D eigenvalue weighted by atomic mass is 19.3. The highest BCUT2D eigenvalue weighted by Gasteiger charge is 2.04. The molecule has 1 rings (SSSR count). The Morgan fingerprint density at radius 2 is 2.06 bits per heavy atom. The Morgan fingerprint density at radius 3 is 2.59 bits per heavy atom. The van der Waals surface area contributed by atoms with Crippen molar-refractivity contribution in [2.45, 2.75) is 6.42 Å². The van der Waals surface area contributed by atoms with Gasteiger partial charge in [-0.1, -0.05) is 50.1 Å². The minimum absolute atomic E-state index is 0.177. The third-order valence-electron chi connectivity index (χ3n) is 2.38. The fourth-order valence-electron chi connectivity index (χ4n) is 1.52. The molecule has 2 heteroatoms. The standard InChI is InChI=1S/C15H15FO/c1-4-7-12(5-2)10-13-8-9-15(17-16)14(6-3)11-13/h4-9,11H,1-3,10H2/b12-7+. The summed E-state index contributed by atoms with van der Waals surface area (Å²) in [5, 5.41) is 0. The molecule has 0 saturated carbocycles. The van der Waals surface area contributed by atoms with Gasteiger partial charge in [-0.05, 0) is 29.7 Å². The quantitative estimate of drug-likeness (QED) is 0.657. The van der Waals surface area contributed by atoms with Gasteiger partial charge >= 0.3 is 0 Å². The van der Waals surface area contributed by atoms with Crippen molar-refractivity contribution >= 4 is 6.08 Å². The van der Waals surface area contributed by atoms with Crippen molar-refractivity contribution < 1.29 is 9.47 Å². The van der Waals surface area contributed by atoms with Gasteiger partial charge in [-0.15, -0.1) is 0 Å². The highest BCUT2D eigenvalue weighted by Crippen LogP contribution is 2.23. The highest BCUT2D eigenvalue weighted by molar-refractivity contribution is 5.57. The molecule has 17 heavy (non-hydrogen) atoms. The number of halogens is 1. The number of allylic oxidation sites excluding steroid dienone is 4. The van der Waals surface area contributed by atoms with E-state index in [1.165, 1.54) is 0 Å². The molecule has 0 fully saturated rings. The summed E-state index contributed by atoms with van der Waals surface area (Å²) in [6.45, 7) is 11.0. The fraction of sp³-hybridized carbons (Fsp3) is 0.0667. The average molecular weight is 230 g/mol. The molecule has 0 spiro atoms. The Hall–Kier alpha value is -2.09. The number of hydrogen-bond donors (Lipinski definition) is 0. The van der Waals surface area contributed by atoms with Gasteiger partial charge in [-0.3, -0.25) is 4.94 Å². The summed E-state index contributed by atoms with van der Waals surface area (Å²) in [6.07, 6.45) is 7.64. The lowest BCUT2D eigenvalue weighted by Gasteiger charge is -2.06. The Kier molecular flexibility index (Phi) is 4.95. The first-order chi connectivity index (χ1) is 8.24. The fourth-order valence-corrected chi connectivity index (χ4v) is 1.52. The molecule has 0 aromatic heterocycles. The lowest BCUT2D eigenvalue weighted by Crippen LogP contribution is -1.90.